The molecule has 0 spiro atoms. The average Bonchev–Trinajstić information content (AvgIpc) is 2.61. The predicted molar refractivity (Wildman–Crippen MR) is 101 cm³/mol. The van der Waals surface area contributed by atoms with Gasteiger partial charge < -0.3 is 10.6 Å². The Morgan fingerprint density at radius 3 is 1.35 bits per heavy atom. The molecule has 0 aromatic heterocycles. The van der Waals surface area contributed by atoms with E-state index in [0.29, 0.717) is 0 Å². The van der Waals surface area contributed by atoms with Crippen LogP contribution in [0.5, 0.6) is 0 Å². The Morgan fingerprint density at radius 1 is 0.696 bits per heavy atom. The minimum atomic E-state index is 0.958. The summed E-state index contributed by atoms with van der Waals surface area (Å²) in [6, 6.07) is 17.3. The second-order valence-electron chi connectivity index (χ2n) is 5.70. The van der Waals surface area contributed by atoms with Gasteiger partial charge in [-0.3, -0.25) is 0 Å². The van der Waals surface area contributed by atoms with E-state index in [4.69, 9.17) is 0 Å². The maximum Gasteiger partial charge on any atom is 0.0338 e. The monoisotopic (exact) mass is 306 g/mol. The highest BCUT2D eigenvalue weighted by Crippen LogP contribution is 2.15. The van der Waals surface area contributed by atoms with Gasteiger partial charge in [0, 0.05) is 25.5 Å². The lowest BCUT2D eigenvalue weighted by Gasteiger charge is -2.08. The van der Waals surface area contributed by atoms with Crippen LogP contribution in [0.2, 0.25) is 0 Å². The first-order valence-corrected chi connectivity index (χ1v) is 8.06. The van der Waals surface area contributed by atoms with Gasteiger partial charge in [0.1, 0.15) is 0 Å². The Bertz CT molecular complexity index is 592. The number of rotatable bonds is 8. The maximum absolute atomic E-state index is 3.98. The SMILES string of the molecule is C=C(NC)c1ccc(CCCc2ccc(C(=C)NC)cc2)cc1. The molecule has 120 valence electrons. The van der Waals surface area contributed by atoms with Crippen LogP contribution in [0.15, 0.2) is 61.7 Å². The van der Waals surface area contributed by atoms with Crippen LogP contribution in [-0.2, 0) is 12.8 Å². The molecule has 2 heteroatoms. The van der Waals surface area contributed by atoms with Crippen molar-refractivity contribution in [2.45, 2.75) is 19.3 Å². The van der Waals surface area contributed by atoms with E-state index in [1.807, 2.05) is 14.1 Å². The highest BCUT2D eigenvalue weighted by atomic mass is 14.8. The van der Waals surface area contributed by atoms with Crippen molar-refractivity contribution in [3.63, 3.8) is 0 Å². The number of aryl methyl sites for hydroxylation is 2. The lowest BCUT2D eigenvalue weighted by molar-refractivity contribution is 0.820. The third-order valence-corrected chi connectivity index (χ3v) is 4.14. The van der Waals surface area contributed by atoms with Crippen molar-refractivity contribution < 1.29 is 0 Å². The Kier molecular flexibility index (Phi) is 6.04. The van der Waals surface area contributed by atoms with Gasteiger partial charge >= 0.3 is 0 Å². The zero-order chi connectivity index (χ0) is 16.7. The molecule has 2 aromatic rings. The van der Waals surface area contributed by atoms with Crippen LogP contribution >= 0.6 is 0 Å². The van der Waals surface area contributed by atoms with Gasteiger partial charge in [-0.15, -0.1) is 0 Å². The fraction of sp³-hybridized carbons (Fsp3) is 0.238. The van der Waals surface area contributed by atoms with E-state index in [0.717, 1.165) is 41.8 Å². The first kappa shape index (κ1) is 16.9. The lowest BCUT2D eigenvalue weighted by atomic mass is 10.0. The molecule has 2 nitrogen and oxygen atoms in total. The summed E-state index contributed by atoms with van der Waals surface area (Å²) in [6.45, 7) is 7.96. The first-order chi connectivity index (χ1) is 11.1. The van der Waals surface area contributed by atoms with Gasteiger partial charge in [0.05, 0.1) is 0 Å². The molecule has 0 amide bonds. The summed E-state index contributed by atoms with van der Waals surface area (Å²) >= 11 is 0. The van der Waals surface area contributed by atoms with E-state index in [9.17, 15) is 0 Å². The molecule has 2 rings (SSSR count). The molecule has 0 radical (unpaired) electrons. The van der Waals surface area contributed by atoms with Gasteiger partial charge in [0.15, 0.2) is 0 Å². The highest BCUT2D eigenvalue weighted by molar-refractivity contribution is 5.62. The van der Waals surface area contributed by atoms with Gasteiger partial charge in [-0.05, 0) is 41.5 Å². The standard InChI is InChI=1S/C21H26N2/c1-16(22-3)20-12-8-18(9-13-20)6-5-7-19-10-14-21(15-11-19)17(2)23-4/h8-15,22-23H,1-2,5-7H2,3-4H3. The van der Waals surface area contributed by atoms with Crippen LogP contribution < -0.4 is 10.6 Å². The number of hydrogen-bond donors (Lipinski definition) is 2. The zero-order valence-electron chi connectivity index (χ0n) is 14.2. The van der Waals surface area contributed by atoms with E-state index in [1.165, 1.54) is 11.1 Å². The molecule has 0 saturated carbocycles. The molecule has 0 unspecified atom stereocenters. The fourth-order valence-corrected chi connectivity index (χ4v) is 2.53. The minimum absolute atomic E-state index is 0.958. The fourth-order valence-electron chi connectivity index (χ4n) is 2.53. The topological polar surface area (TPSA) is 24.1 Å². The summed E-state index contributed by atoms with van der Waals surface area (Å²) in [5.74, 6) is 0. The third-order valence-electron chi connectivity index (χ3n) is 4.14. The number of benzene rings is 2. The second-order valence-corrected chi connectivity index (χ2v) is 5.70. The Balaban J connectivity index is 1.85. The van der Waals surface area contributed by atoms with Crippen LogP contribution in [0.3, 0.4) is 0 Å². The molecule has 2 aromatic carbocycles. The molecule has 0 saturated heterocycles. The lowest BCUT2D eigenvalue weighted by Crippen LogP contribution is -2.03. The first-order valence-electron chi connectivity index (χ1n) is 8.06. The summed E-state index contributed by atoms with van der Waals surface area (Å²) < 4.78 is 0. The van der Waals surface area contributed by atoms with Crippen LogP contribution in [0.4, 0.5) is 0 Å². The summed E-state index contributed by atoms with van der Waals surface area (Å²) in [5, 5.41) is 6.15. The Morgan fingerprint density at radius 2 is 1.04 bits per heavy atom. The molecule has 0 fully saturated rings. The summed E-state index contributed by atoms with van der Waals surface area (Å²) in [4.78, 5) is 0. The van der Waals surface area contributed by atoms with Gasteiger partial charge in [-0.25, -0.2) is 0 Å². The van der Waals surface area contributed by atoms with Crippen molar-refractivity contribution in [2.24, 2.45) is 0 Å². The number of hydrogen-bond acceptors (Lipinski definition) is 2. The quantitative estimate of drug-likeness (QED) is 0.762. The third kappa shape index (κ3) is 4.75. The highest BCUT2D eigenvalue weighted by Gasteiger charge is 2.00. The molecule has 0 heterocycles. The van der Waals surface area contributed by atoms with E-state index in [2.05, 4.69) is 72.3 Å². The van der Waals surface area contributed by atoms with Crippen molar-refractivity contribution in [1.82, 2.24) is 10.6 Å². The predicted octanol–water partition coefficient (Wildman–Crippen LogP) is 4.24. The molecule has 0 aliphatic heterocycles. The van der Waals surface area contributed by atoms with E-state index in [-0.39, 0.29) is 0 Å². The number of nitrogens with one attached hydrogen (secondary N) is 2. The zero-order valence-corrected chi connectivity index (χ0v) is 14.2. The minimum Gasteiger partial charge on any atom is -0.388 e. The molecular formula is C21H26N2. The Labute approximate surface area is 139 Å². The molecule has 23 heavy (non-hydrogen) atoms. The summed E-state index contributed by atoms with van der Waals surface area (Å²) in [6.07, 6.45) is 3.34. The molecule has 2 N–H and O–H groups in total. The van der Waals surface area contributed by atoms with Crippen LogP contribution in [0.1, 0.15) is 28.7 Å². The van der Waals surface area contributed by atoms with Crippen molar-refractivity contribution in [3.05, 3.63) is 83.9 Å². The van der Waals surface area contributed by atoms with Crippen molar-refractivity contribution >= 4 is 11.4 Å². The van der Waals surface area contributed by atoms with Crippen molar-refractivity contribution in [1.29, 1.82) is 0 Å². The molecular weight excluding hydrogens is 280 g/mol. The molecule has 0 aliphatic rings. The van der Waals surface area contributed by atoms with Crippen LogP contribution in [0.25, 0.3) is 11.4 Å². The molecule has 0 atom stereocenters. The molecule has 0 aliphatic carbocycles. The van der Waals surface area contributed by atoms with E-state index < -0.39 is 0 Å². The van der Waals surface area contributed by atoms with Gasteiger partial charge in [-0.2, -0.15) is 0 Å². The average molecular weight is 306 g/mol. The molecule has 0 bridgehead atoms. The Hall–Kier alpha value is -2.48. The van der Waals surface area contributed by atoms with Crippen molar-refractivity contribution in [3.8, 4) is 0 Å². The van der Waals surface area contributed by atoms with Crippen molar-refractivity contribution in [2.75, 3.05) is 14.1 Å². The second kappa shape index (κ2) is 8.23. The van der Waals surface area contributed by atoms with Gasteiger partial charge in [-0.1, -0.05) is 61.7 Å². The van der Waals surface area contributed by atoms with E-state index in [1.54, 1.807) is 0 Å². The van der Waals surface area contributed by atoms with Gasteiger partial charge in [0.25, 0.3) is 0 Å². The van der Waals surface area contributed by atoms with Gasteiger partial charge in [0.2, 0.25) is 0 Å². The van der Waals surface area contributed by atoms with E-state index >= 15 is 0 Å². The summed E-state index contributed by atoms with van der Waals surface area (Å²) in [5.41, 5.74) is 6.96. The van der Waals surface area contributed by atoms with Crippen LogP contribution in [0, 0.1) is 0 Å². The largest absolute Gasteiger partial charge is 0.388 e. The van der Waals surface area contributed by atoms with Crippen LogP contribution in [-0.4, -0.2) is 14.1 Å². The smallest absolute Gasteiger partial charge is 0.0338 e. The summed E-state index contributed by atoms with van der Waals surface area (Å²) in [7, 11) is 3.79. The normalized spacial score (nSPS) is 10.2. The maximum atomic E-state index is 3.98.